The normalized spacial score (nSPS) is 14.2. The maximum Gasteiger partial charge on any atom is 0.472 e. The van der Waals surface area contributed by atoms with Gasteiger partial charge in [0.2, 0.25) is 0 Å². The quantitative estimate of drug-likeness (QED) is 0.0222. The van der Waals surface area contributed by atoms with Crippen LogP contribution in [0.3, 0.4) is 0 Å². The molecule has 0 aliphatic heterocycles. The van der Waals surface area contributed by atoms with Gasteiger partial charge in [-0.3, -0.25) is 37.3 Å². The van der Waals surface area contributed by atoms with Crippen LogP contribution in [0.25, 0.3) is 0 Å². The second-order valence-corrected chi connectivity index (χ2v) is 35.2. The molecule has 0 amide bonds. The molecule has 0 fully saturated rings. The van der Waals surface area contributed by atoms with Crippen LogP contribution in [-0.4, -0.2) is 96.7 Å². The molecule has 6 atom stereocenters. The summed E-state index contributed by atoms with van der Waals surface area (Å²) >= 11 is 0. The van der Waals surface area contributed by atoms with Crippen molar-refractivity contribution < 1.29 is 80.2 Å². The summed E-state index contributed by atoms with van der Waals surface area (Å²) in [7, 11) is -9.93. The monoisotopic (exact) mass is 1520 g/mol. The van der Waals surface area contributed by atoms with Crippen molar-refractivity contribution in [2.45, 2.75) is 459 Å². The fourth-order valence-electron chi connectivity index (χ4n) is 13.1. The molecule has 4 unspecified atom stereocenters. The van der Waals surface area contributed by atoms with Gasteiger partial charge in [0.05, 0.1) is 26.4 Å². The summed E-state index contributed by atoms with van der Waals surface area (Å²) in [4.78, 5) is 73.1. The van der Waals surface area contributed by atoms with E-state index in [1.165, 1.54) is 238 Å². The zero-order valence-electron chi connectivity index (χ0n) is 68.7. The number of phosphoric ester groups is 2. The van der Waals surface area contributed by atoms with Gasteiger partial charge in [-0.1, -0.05) is 389 Å². The highest BCUT2D eigenvalue weighted by atomic mass is 31.2. The lowest BCUT2D eigenvalue weighted by Gasteiger charge is -2.21. The molecule has 0 aromatic heterocycles. The van der Waals surface area contributed by atoms with Crippen molar-refractivity contribution in [2.75, 3.05) is 39.6 Å². The summed E-state index contributed by atoms with van der Waals surface area (Å²) in [5.41, 5.74) is 0. The van der Waals surface area contributed by atoms with Gasteiger partial charge in [0.25, 0.3) is 0 Å². The number of esters is 4. The second kappa shape index (κ2) is 73.8. The number of carbonyl (C=O) groups is 4. The molecule has 0 aliphatic carbocycles. The van der Waals surface area contributed by atoms with E-state index in [1.807, 2.05) is 0 Å². The lowest BCUT2D eigenvalue weighted by molar-refractivity contribution is -0.161. The number of rotatable bonds is 82. The smallest absolute Gasteiger partial charge is 0.462 e. The molecule has 0 spiro atoms. The van der Waals surface area contributed by atoms with Gasteiger partial charge in [0, 0.05) is 25.7 Å². The van der Waals surface area contributed by atoms with Crippen molar-refractivity contribution >= 4 is 39.5 Å². The maximum atomic E-state index is 13.1. The predicted molar refractivity (Wildman–Crippen MR) is 428 cm³/mol. The van der Waals surface area contributed by atoms with Crippen LogP contribution < -0.4 is 0 Å². The Morgan fingerprint density at radius 1 is 0.269 bits per heavy atom. The SMILES string of the molecule is CCC(C)CCCCCCCCCCCCCCCCC(=O)O[C@H](COC(=O)CCCCCCCCCCCCCCCC(C)C)COP(=O)(O)OCC(O)COP(=O)(O)OC[C@@H](COC(=O)CCCCCCCCC(C)C)OC(=O)CCCCCCCCCCCCCCCCCCCCC(C)C. The molecular formula is C85H166O17P2. The Kier molecular flexibility index (Phi) is 72.5. The summed E-state index contributed by atoms with van der Waals surface area (Å²) in [6.45, 7) is 14.3. The highest BCUT2D eigenvalue weighted by molar-refractivity contribution is 7.47. The fraction of sp³-hybridized carbons (Fsp3) is 0.953. The van der Waals surface area contributed by atoms with Crippen molar-refractivity contribution in [3.8, 4) is 0 Å². The standard InChI is InChI=1S/C85H166O17P2/c1-9-78(8)64-56-48-39-33-27-21-16-17-23-30-36-42-52-60-67-84(89)101-80(71-95-82(87)65-57-49-40-34-28-24-18-20-26-32-38-46-54-62-76(4)5)73-99-103(91,92)97-69-79(86)70-98-104(93,94)100-74-81(72-96-83(88)66-58-50-44-43-47-55-63-77(6)7)102-85(90)68-59-51-41-35-29-22-15-13-11-10-12-14-19-25-31-37-45-53-61-75(2)3/h75-81,86H,9-74H2,1-8H3,(H,91,92)(H,93,94)/t78?,79?,80-,81-/m1/s1. The van der Waals surface area contributed by atoms with E-state index in [2.05, 4.69) is 55.4 Å². The van der Waals surface area contributed by atoms with Crippen LogP contribution in [-0.2, 0) is 65.4 Å². The predicted octanol–water partition coefficient (Wildman–Crippen LogP) is 25.6. The van der Waals surface area contributed by atoms with E-state index >= 15 is 0 Å². The van der Waals surface area contributed by atoms with Crippen molar-refractivity contribution in [1.82, 2.24) is 0 Å². The number of ether oxygens (including phenoxy) is 4. The summed E-state index contributed by atoms with van der Waals surface area (Å²) < 4.78 is 68.8. The largest absolute Gasteiger partial charge is 0.472 e. The van der Waals surface area contributed by atoms with Crippen molar-refractivity contribution in [2.24, 2.45) is 23.7 Å². The lowest BCUT2D eigenvalue weighted by Crippen LogP contribution is -2.30. The summed E-state index contributed by atoms with van der Waals surface area (Å²) in [6.07, 6.45) is 62.6. The van der Waals surface area contributed by atoms with Crippen molar-refractivity contribution in [3.05, 3.63) is 0 Å². The molecule has 0 heterocycles. The van der Waals surface area contributed by atoms with E-state index in [0.29, 0.717) is 31.6 Å². The molecule has 17 nitrogen and oxygen atoms in total. The summed E-state index contributed by atoms with van der Waals surface area (Å²) in [5, 5.41) is 10.7. The van der Waals surface area contributed by atoms with Crippen molar-refractivity contribution in [1.29, 1.82) is 0 Å². The third-order valence-electron chi connectivity index (χ3n) is 20.2. The number of carbonyl (C=O) groups excluding carboxylic acids is 4. The first-order valence-electron chi connectivity index (χ1n) is 43.7. The molecular weight excluding hydrogens is 1350 g/mol. The minimum atomic E-state index is -4.96. The van der Waals surface area contributed by atoms with Crippen LogP contribution >= 0.6 is 15.6 Å². The van der Waals surface area contributed by atoms with E-state index in [0.717, 1.165) is 114 Å². The highest BCUT2D eigenvalue weighted by Gasteiger charge is 2.30. The van der Waals surface area contributed by atoms with Gasteiger partial charge in [-0.25, -0.2) is 9.13 Å². The minimum Gasteiger partial charge on any atom is -0.462 e. The molecule has 618 valence electrons. The van der Waals surface area contributed by atoms with Crippen LogP contribution in [0.4, 0.5) is 0 Å². The summed E-state index contributed by atoms with van der Waals surface area (Å²) in [6, 6.07) is 0. The number of hydrogen-bond donors (Lipinski definition) is 3. The Labute approximate surface area is 638 Å². The first kappa shape index (κ1) is 102. The molecule has 19 heteroatoms. The number of hydrogen-bond acceptors (Lipinski definition) is 15. The van der Waals surface area contributed by atoms with Gasteiger partial charge in [-0.05, 0) is 49.4 Å². The number of phosphoric acid groups is 2. The van der Waals surface area contributed by atoms with E-state index in [4.69, 9.17) is 37.0 Å². The Bertz CT molecular complexity index is 2030. The van der Waals surface area contributed by atoms with E-state index in [9.17, 15) is 43.2 Å². The molecule has 0 rings (SSSR count). The van der Waals surface area contributed by atoms with Crippen molar-refractivity contribution in [3.63, 3.8) is 0 Å². The van der Waals surface area contributed by atoms with Gasteiger partial charge in [0.1, 0.15) is 19.3 Å². The number of aliphatic hydroxyl groups is 1. The van der Waals surface area contributed by atoms with Gasteiger partial charge >= 0.3 is 39.5 Å². The topological polar surface area (TPSA) is 237 Å². The van der Waals surface area contributed by atoms with Crippen LogP contribution in [0.5, 0.6) is 0 Å². The molecule has 0 aliphatic rings. The zero-order chi connectivity index (χ0) is 76.7. The fourth-order valence-corrected chi connectivity index (χ4v) is 14.7. The van der Waals surface area contributed by atoms with E-state index < -0.39 is 97.5 Å². The first-order chi connectivity index (χ1) is 50.1. The average molecular weight is 1520 g/mol. The molecule has 104 heavy (non-hydrogen) atoms. The minimum absolute atomic E-state index is 0.107. The molecule has 3 N–H and O–H groups in total. The van der Waals surface area contributed by atoms with Gasteiger partial charge in [0.15, 0.2) is 12.2 Å². The molecule has 0 radical (unpaired) electrons. The molecule has 0 aromatic carbocycles. The second-order valence-electron chi connectivity index (χ2n) is 32.2. The zero-order valence-corrected chi connectivity index (χ0v) is 70.5. The number of unbranched alkanes of at least 4 members (excludes halogenated alkanes) is 47. The van der Waals surface area contributed by atoms with Gasteiger partial charge in [-0.2, -0.15) is 0 Å². The number of aliphatic hydroxyl groups excluding tert-OH is 1. The lowest BCUT2D eigenvalue weighted by atomic mass is 9.99. The summed E-state index contributed by atoms with van der Waals surface area (Å²) in [5.74, 6) is 1.03. The highest BCUT2D eigenvalue weighted by Crippen LogP contribution is 2.45. The molecule has 0 saturated heterocycles. The Morgan fingerprint density at radius 2 is 0.462 bits per heavy atom. The van der Waals surface area contributed by atoms with Crippen LogP contribution in [0.2, 0.25) is 0 Å². The average Bonchev–Trinajstić information content (AvgIpc) is 0.911. The van der Waals surface area contributed by atoms with E-state index in [-0.39, 0.29) is 25.7 Å². The third-order valence-corrected chi connectivity index (χ3v) is 22.1. The third kappa shape index (κ3) is 76.8. The van der Waals surface area contributed by atoms with Crippen LogP contribution in [0.15, 0.2) is 0 Å². The van der Waals surface area contributed by atoms with E-state index in [1.54, 1.807) is 0 Å². The molecule has 0 aromatic rings. The Morgan fingerprint density at radius 3 is 0.683 bits per heavy atom. The van der Waals surface area contributed by atoms with Crippen LogP contribution in [0, 0.1) is 23.7 Å². The molecule has 0 bridgehead atoms. The van der Waals surface area contributed by atoms with Crippen LogP contribution in [0.1, 0.15) is 441 Å². The van der Waals surface area contributed by atoms with Gasteiger partial charge < -0.3 is 33.8 Å². The molecule has 0 saturated carbocycles. The Balaban J connectivity index is 5.20. The first-order valence-corrected chi connectivity index (χ1v) is 46.7. The van der Waals surface area contributed by atoms with Gasteiger partial charge in [-0.15, -0.1) is 0 Å². The Hall–Kier alpha value is -1.94. The maximum absolute atomic E-state index is 13.1.